The molecule has 5 rings (SSSR count). The Labute approximate surface area is 235 Å². The molecule has 12 heteroatoms. The summed E-state index contributed by atoms with van der Waals surface area (Å²) < 4.78 is 48.8. The van der Waals surface area contributed by atoms with E-state index < -0.39 is 17.8 Å². The molecule has 216 valence electrons. The molecule has 3 aromatic rings. The largest absolute Gasteiger partial charge is 0.497 e. The zero-order valence-corrected chi connectivity index (χ0v) is 23.0. The van der Waals surface area contributed by atoms with Gasteiger partial charge in [0.15, 0.2) is 5.69 Å². The molecule has 2 aromatic carbocycles. The van der Waals surface area contributed by atoms with Crippen LogP contribution in [0.1, 0.15) is 61.7 Å². The van der Waals surface area contributed by atoms with Crippen molar-refractivity contribution in [1.82, 2.24) is 19.6 Å². The first kappa shape index (κ1) is 28.2. The number of halogens is 3. The number of nitrogens with zero attached hydrogens (tertiary/aromatic N) is 5. The zero-order valence-electron chi connectivity index (χ0n) is 23.0. The van der Waals surface area contributed by atoms with Crippen LogP contribution in [0.2, 0.25) is 0 Å². The average Bonchev–Trinajstić information content (AvgIpc) is 3.38. The van der Waals surface area contributed by atoms with Crippen LogP contribution in [-0.4, -0.2) is 78.1 Å². The van der Waals surface area contributed by atoms with E-state index in [0.29, 0.717) is 30.1 Å². The summed E-state index contributed by atoms with van der Waals surface area (Å²) in [6.45, 7) is 1.04. The maximum absolute atomic E-state index is 14.2. The molecule has 1 fully saturated rings. The summed E-state index contributed by atoms with van der Waals surface area (Å²) >= 11 is 0. The summed E-state index contributed by atoms with van der Waals surface area (Å²) in [5.74, 6) is -0.917. The summed E-state index contributed by atoms with van der Waals surface area (Å²) in [6, 6.07) is 10.8. The lowest BCUT2D eigenvalue weighted by atomic mass is 10.0. The highest BCUT2D eigenvalue weighted by molar-refractivity contribution is 6.08. The minimum atomic E-state index is -4.81. The second-order valence-electron chi connectivity index (χ2n) is 10.3. The van der Waals surface area contributed by atoms with Crippen LogP contribution in [0, 0.1) is 0 Å². The van der Waals surface area contributed by atoms with Crippen molar-refractivity contribution in [3.05, 3.63) is 70.5 Å². The normalized spacial score (nSPS) is 15.5. The van der Waals surface area contributed by atoms with Gasteiger partial charge in [0, 0.05) is 50.5 Å². The lowest BCUT2D eigenvalue weighted by Gasteiger charge is -2.29. The van der Waals surface area contributed by atoms with E-state index in [2.05, 4.69) is 5.10 Å². The van der Waals surface area contributed by atoms with E-state index >= 15 is 0 Å². The molecule has 3 amide bonds. The lowest BCUT2D eigenvalue weighted by molar-refractivity contribution is -0.141. The average molecular weight is 570 g/mol. The summed E-state index contributed by atoms with van der Waals surface area (Å²) in [6.07, 6.45) is -2.26. The number of methoxy groups -OCH3 is 1. The highest BCUT2D eigenvalue weighted by Crippen LogP contribution is 2.38. The van der Waals surface area contributed by atoms with E-state index in [-0.39, 0.29) is 47.3 Å². The Morgan fingerprint density at radius 2 is 1.66 bits per heavy atom. The number of piperidine rings is 1. The molecule has 0 N–H and O–H groups in total. The van der Waals surface area contributed by atoms with Crippen molar-refractivity contribution in [2.24, 2.45) is 0 Å². The summed E-state index contributed by atoms with van der Waals surface area (Å²) in [7, 11) is 4.67. The Morgan fingerprint density at radius 3 is 2.27 bits per heavy atom. The predicted octanol–water partition coefficient (Wildman–Crippen LogP) is 4.43. The van der Waals surface area contributed by atoms with Gasteiger partial charge in [0.25, 0.3) is 17.7 Å². The van der Waals surface area contributed by atoms with Crippen LogP contribution in [-0.2, 0) is 12.6 Å². The predicted molar refractivity (Wildman–Crippen MR) is 145 cm³/mol. The zero-order chi connectivity index (χ0) is 29.5. The first-order valence-corrected chi connectivity index (χ1v) is 13.3. The van der Waals surface area contributed by atoms with E-state index in [1.54, 1.807) is 43.3 Å². The van der Waals surface area contributed by atoms with Gasteiger partial charge < -0.3 is 19.4 Å². The minimum Gasteiger partial charge on any atom is -0.497 e. The fourth-order valence-corrected chi connectivity index (χ4v) is 5.32. The molecule has 0 aliphatic carbocycles. The van der Waals surface area contributed by atoms with E-state index in [1.807, 2.05) is 0 Å². The van der Waals surface area contributed by atoms with Gasteiger partial charge in [-0.1, -0.05) is 0 Å². The number of carbonyl (C=O) groups excluding carboxylic acids is 3. The van der Waals surface area contributed by atoms with E-state index in [4.69, 9.17) is 4.74 Å². The standard InChI is InChI=1S/C29H30F3N5O4/c1-34(2)26(38)18-7-9-19(10-8-18)36-16-13-21-24(28(36)40)37(33-25(21)29(30,31)32)23-12-11-20(41-3)17-22(23)27(39)35-14-5-4-6-15-35/h7-12,17H,4-6,13-16H2,1-3H3. The number of carbonyl (C=O) groups is 3. The van der Waals surface area contributed by atoms with E-state index in [1.165, 1.54) is 35.1 Å². The monoisotopic (exact) mass is 569 g/mol. The van der Waals surface area contributed by atoms with Crippen molar-refractivity contribution in [3.8, 4) is 11.4 Å². The van der Waals surface area contributed by atoms with Crippen LogP contribution in [0.15, 0.2) is 42.5 Å². The van der Waals surface area contributed by atoms with Gasteiger partial charge in [-0.25, -0.2) is 4.68 Å². The molecule has 1 saturated heterocycles. The first-order valence-electron chi connectivity index (χ1n) is 13.3. The van der Waals surface area contributed by atoms with Crippen molar-refractivity contribution < 1.29 is 32.3 Å². The quantitative estimate of drug-likeness (QED) is 0.454. The third-order valence-electron chi connectivity index (χ3n) is 7.42. The second-order valence-corrected chi connectivity index (χ2v) is 10.3. The van der Waals surface area contributed by atoms with Gasteiger partial charge in [-0.15, -0.1) is 0 Å². The Morgan fingerprint density at radius 1 is 0.976 bits per heavy atom. The number of fused-ring (bicyclic) bond motifs is 1. The molecular weight excluding hydrogens is 539 g/mol. The van der Waals surface area contributed by atoms with Crippen molar-refractivity contribution in [2.75, 3.05) is 45.7 Å². The fourth-order valence-electron chi connectivity index (χ4n) is 5.32. The highest BCUT2D eigenvalue weighted by Gasteiger charge is 2.44. The number of alkyl halides is 3. The number of hydrogen-bond acceptors (Lipinski definition) is 5. The molecule has 1 aromatic heterocycles. The number of benzene rings is 2. The van der Waals surface area contributed by atoms with Crippen LogP contribution in [0.4, 0.5) is 18.9 Å². The highest BCUT2D eigenvalue weighted by atomic mass is 19.4. The summed E-state index contributed by atoms with van der Waals surface area (Å²) in [5, 5.41) is 3.89. The first-order chi connectivity index (χ1) is 19.5. The van der Waals surface area contributed by atoms with Crippen LogP contribution in [0.5, 0.6) is 5.75 Å². The SMILES string of the molecule is COc1ccc(-n2nc(C(F)(F)F)c3c2C(=O)N(c2ccc(C(=O)N(C)C)cc2)CC3)c(C(=O)N2CCCCC2)c1. The number of hydrogen-bond donors (Lipinski definition) is 0. The number of rotatable bonds is 5. The lowest BCUT2D eigenvalue weighted by Crippen LogP contribution is -2.39. The van der Waals surface area contributed by atoms with Crippen molar-refractivity contribution in [3.63, 3.8) is 0 Å². The number of ether oxygens (including phenoxy) is 1. The molecule has 9 nitrogen and oxygen atoms in total. The Balaban J connectivity index is 1.62. The van der Waals surface area contributed by atoms with E-state index in [9.17, 15) is 27.6 Å². The summed E-state index contributed by atoms with van der Waals surface area (Å²) in [5.41, 5.74) is -0.624. The number of likely N-dealkylation sites (tertiary alicyclic amines) is 1. The molecule has 2 aliphatic rings. The third-order valence-corrected chi connectivity index (χ3v) is 7.42. The van der Waals surface area contributed by atoms with Crippen molar-refractivity contribution in [1.29, 1.82) is 0 Å². The van der Waals surface area contributed by atoms with Gasteiger partial charge in [0.05, 0.1) is 18.4 Å². The molecule has 0 unspecified atom stereocenters. The van der Waals surface area contributed by atoms with Crippen molar-refractivity contribution >= 4 is 23.4 Å². The van der Waals surface area contributed by atoms with Crippen LogP contribution < -0.4 is 9.64 Å². The van der Waals surface area contributed by atoms with Crippen molar-refractivity contribution in [2.45, 2.75) is 31.9 Å². The maximum atomic E-state index is 14.2. The third kappa shape index (κ3) is 5.25. The van der Waals surface area contributed by atoms with Gasteiger partial charge in [-0.05, 0) is 68.1 Å². The topological polar surface area (TPSA) is 88.0 Å². The fraction of sp³-hybridized carbons (Fsp3) is 0.379. The molecule has 3 heterocycles. The van der Waals surface area contributed by atoms with Crippen LogP contribution in [0.3, 0.4) is 0 Å². The number of aromatic nitrogens is 2. The second kappa shape index (κ2) is 10.9. The molecule has 0 spiro atoms. The minimum absolute atomic E-state index is 0.0102. The Hall–Kier alpha value is -4.35. The smallest absolute Gasteiger partial charge is 0.435 e. The number of anilines is 1. The molecule has 0 bridgehead atoms. The van der Waals surface area contributed by atoms with Gasteiger partial charge in [0.2, 0.25) is 0 Å². The molecule has 0 saturated carbocycles. The molecule has 41 heavy (non-hydrogen) atoms. The summed E-state index contributed by atoms with van der Waals surface area (Å²) in [4.78, 5) is 44.2. The van der Waals surface area contributed by atoms with Crippen LogP contribution >= 0.6 is 0 Å². The Kier molecular flexibility index (Phi) is 7.50. The van der Waals surface area contributed by atoms with Gasteiger partial charge in [-0.3, -0.25) is 14.4 Å². The molecule has 2 aliphatic heterocycles. The maximum Gasteiger partial charge on any atom is 0.435 e. The molecule has 0 radical (unpaired) electrons. The molecule has 0 atom stereocenters. The van der Waals surface area contributed by atoms with Gasteiger partial charge >= 0.3 is 6.18 Å². The Bertz CT molecular complexity index is 1490. The van der Waals surface area contributed by atoms with Gasteiger partial charge in [-0.2, -0.15) is 18.3 Å². The molecular formula is C29H30F3N5O4. The van der Waals surface area contributed by atoms with Crippen LogP contribution in [0.25, 0.3) is 5.69 Å². The number of amides is 3. The van der Waals surface area contributed by atoms with E-state index in [0.717, 1.165) is 23.9 Å². The van der Waals surface area contributed by atoms with Gasteiger partial charge in [0.1, 0.15) is 11.4 Å².